The molecule has 0 spiro atoms. The Morgan fingerprint density at radius 2 is 0.839 bits per heavy atom. The largest absolute Gasteiger partial charge is 0.497 e. The fraction of sp³-hybridized carbons (Fsp3) is 0.543. The van der Waals surface area contributed by atoms with Crippen molar-refractivity contribution < 1.29 is 52.2 Å². The Bertz CT molecular complexity index is 2770. The fourth-order valence-corrected chi connectivity index (χ4v) is 12.7. The van der Waals surface area contributed by atoms with Crippen LogP contribution in [0.15, 0.2) is 170 Å². The molecule has 0 amide bonds. The van der Waals surface area contributed by atoms with Crippen LogP contribution >= 0.6 is 15.9 Å². The van der Waals surface area contributed by atoms with Crippen molar-refractivity contribution in [3.8, 4) is 11.5 Å². The van der Waals surface area contributed by atoms with Crippen LogP contribution in [0.5, 0.6) is 11.5 Å². The number of Topliss-reactive ketones (excluding diaryl/α,β-unsaturated/α-hetero) is 1. The summed E-state index contributed by atoms with van der Waals surface area (Å²) >= 11 is 3.58. The molecular weight excluding hydrogens is 1230 g/mol. The van der Waals surface area contributed by atoms with Crippen molar-refractivity contribution in [2.75, 3.05) is 32.8 Å². The first-order valence-electron chi connectivity index (χ1n) is 35.3. The Morgan fingerprint density at radius 3 is 1.31 bits per heavy atom. The standard InChI is InChI=1S/C81H111BrO11/c1-4-5-6-7-8-9-10-11-14-17-20-35-46-75(87-58-69-47-51-73(84-2)52-48-69)77(88-62-70-49-53-74(85-3)54-50-70)71(56-72(83)45-34-19-16-13-12-15-18-21-36-55-82)63-92-81-80(91-61-68-43-32-25-33-44-68)79(90-60-67-41-30-24-31-42-67)78(89-59-66-39-28-23-29-40-66)76(93-81)64-86-57-65-37-26-22-27-38-65/h22-33,37-44,47-54,71,75-81H,4-21,34-36,45-46,55-64H2,1-3H3/t71-,75+,76?,77-,78-,79+,80-,81-/m0/s1. The molecule has 0 saturated carbocycles. The molecule has 11 nitrogen and oxygen atoms in total. The molecule has 1 aliphatic rings. The second kappa shape index (κ2) is 46.8. The number of halogens is 1. The highest BCUT2D eigenvalue weighted by Gasteiger charge is 2.50. The highest BCUT2D eigenvalue weighted by molar-refractivity contribution is 9.09. The summed E-state index contributed by atoms with van der Waals surface area (Å²) in [5.41, 5.74) is 6.06. The van der Waals surface area contributed by atoms with Gasteiger partial charge in [-0.3, -0.25) is 4.79 Å². The lowest BCUT2D eigenvalue weighted by Gasteiger charge is -2.46. The SMILES string of the molecule is CCCCCCCCCCCCCC[C@@H](OCc1ccc(OC)cc1)[C@@H](OCc1ccc(OC)cc1)[C@H](CO[C@H]1OC(COCc2ccccc2)[C@H](OCc2ccccc2)[C@@H](OCc2ccccc2)[C@@H]1OCc1ccccc1)CC(=O)CCCCCCCCCCCBr. The number of unbranched alkanes of at least 4 members (excludes halogenated alkanes) is 19. The number of ketones is 1. The maximum atomic E-state index is 14.9. The number of hydrogen-bond donors (Lipinski definition) is 0. The van der Waals surface area contributed by atoms with Gasteiger partial charge in [0.1, 0.15) is 41.7 Å². The van der Waals surface area contributed by atoms with E-state index in [-0.39, 0.29) is 45.2 Å². The predicted molar refractivity (Wildman–Crippen MR) is 378 cm³/mol. The molecule has 12 heteroatoms. The Hall–Kier alpha value is -5.25. The van der Waals surface area contributed by atoms with Crippen molar-refractivity contribution in [2.45, 2.75) is 244 Å². The first-order chi connectivity index (χ1) is 45.9. The van der Waals surface area contributed by atoms with Gasteiger partial charge in [-0.25, -0.2) is 0 Å². The van der Waals surface area contributed by atoms with E-state index >= 15 is 0 Å². The molecule has 1 fully saturated rings. The van der Waals surface area contributed by atoms with E-state index < -0.39 is 48.8 Å². The molecule has 0 bridgehead atoms. The molecule has 0 N–H and O–H groups in total. The second-order valence-corrected chi connectivity index (χ2v) is 26.1. The van der Waals surface area contributed by atoms with Gasteiger partial charge in [0.15, 0.2) is 6.29 Å². The van der Waals surface area contributed by atoms with Crippen LogP contribution in [0, 0.1) is 5.92 Å². The van der Waals surface area contributed by atoms with Crippen LogP contribution in [0.3, 0.4) is 0 Å². The Balaban J connectivity index is 1.23. The number of ether oxygens (including phenoxy) is 10. The minimum absolute atomic E-state index is 0.101. The van der Waals surface area contributed by atoms with Gasteiger partial charge in [0.05, 0.1) is 79.3 Å². The third-order valence-corrected chi connectivity index (χ3v) is 18.4. The fourth-order valence-electron chi connectivity index (χ4n) is 12.3. The third-order valence-electron chi connectivity index (χ3n) is 17.8. The minimum Gasteiger partial charge on any atom is -0.497 e. The predicted octanol–water partition coefficient (Wildman–Crippen LogP) is 19.9. The third kappa shape index (κ3) is 29.7. The molecule has 7 rings (SSSR count). The zero-order valence-electron chi connectivity index (χ0n) is 56.5. The second-order valence-electron chi connectivity index (χ2n) is 25.3. The van der Waals surface area contributed by atoms with Crippen molar-refractivity contribution in [3.05, 3.63) is 203 Å². The van der Waals surface area contributed by atoms with Gasteiger partial charge in [0.2, 0.25) is 0 Å². The van der Waals surface area contributed by atoms with E-state index in [1.807, 2.05) is 109 Å². The topological polar surface area (TPSA) is 109 Å². The summed E-state index contributed by atoms with van der Waals surface area (Å²) in [6.07, 6.45) is 22.0. The van der Waals surface area contributed by atoms with Gasteiger partial charge in [-0.1, -0.05) is 290 Å². The van der Waals surface area contributed by atoms with E-state index in [0.717, 1.165) is 95.2 Å². The molecule has 1 saturated heterocycles. The number of carbonyl (C=O) groups is 1. The molecule has 6 aromatic carbocycles. The number of methoxy groups -OCH3 is 2. The van der Waals surface area contributed by atoms with E-state index in [0.29, 0.717) is 26.2 Å². The number of benzene rings is 6. The van der Waals surface area contributed by atoms with Crippen molar-refractivity contribution >= 4 is 21.7 Å². The molecule has 1 unspecified atom stereocenters. The number of carbonyl (C=O) groups excluding carboxylic acids is 1. The molecule has 93 heavy (non-hydrogen) atoms. The Morgan fingerprint density at radius 1 is 0.430 bits per heavy atom. The zero-order chi connectivity index (χ0) is 65.0. The lowest BCUT2D eigenvalue weighted by Crippen LogP contribution is -2.62. The van der Waals surface area contributed by atoms with Crippen LogP contribution in [0.1, 0.15) is 194 Å². The van der Waals surface area contributed by atoms with Crippen molar-refractivity contribution in [1.29, 1.82) is 0 Å². The number of hydrogen-bond acceptors (Lipinski definition) is 11. The van der Waals surface area contributed by atoms with Gasteiger partial charge in [-0.05, 0) is 76.9 Å². The maximum absolute atomic E-state index is 14.9. The average molecular weight is 1340 g/mol. The molecule has 0 radical (unpaired) electrons. The van der Waals surface area contributed by atoms with Gasteiger partial charge < -0.3 is 47.4 Å². The minimum atomic E-state index is -0.995. The normalized spacial score (nSPS) is 17.4. The van der Waals surface area contributed by atoms with E-state index in [1.54, 1.807) is 14.2 Å². The summed E-state index contributed by atoms with van der Waals surface area (Å²) in [5, 5.41) is 1.07. The van der Waals surface area contributed by atoms with E-state index in [9.17, 15) is 4.79 Å². The van der Waals surface area contributed by atoms with Gasteiger partial charge in [0, 0.05) is 24.1 Å². The van der Waals surface area contributed by atoms with Crippen molar-refractivity contribution in [1.82, 2.24) is 0 Å². The Kier molecular flexibility index (Phi) is 37.8. The highest BCUT2D eigenvalue weighted by atomic mass is 79.9. The quantitative estimate of drug-likeness (QED) is 0.0269. The molecular formula is C81H111BrO11. The zero-order valence-corrected chi connectivity index (χ0v) is 58.1. The van der Waals surface area contributed by atoms with Crippen LogP contribution in [0.4, 0.5) is 0 Å². The summed E-state index contributed by atoms with van der Waals surface area (Å²) in [6.45, 7) is 4.41. The van der Waals surface area contributed by atoms with Crippen LogP contribution in [0.25, 0.3) is 0 Å². The summed E-state index contributed by atoms with van der Waals surface area (Å²) in [5.74, 6) is 1.27. The average Bonchev–Trinajstić information content (AvgIpc) is 0.935. The van der Waals surface area contributed by atoms with Crippen LogP contribution in [0.2, 0.25) is 0 Å². The van der Waals surface area contributed by atoms with Gasteiger partial charge >= 0.3 is 0 Å². The molecule has 1 aliphatic heterocycles. The molecule has 0 aliphatic carbocycles. The monoisotopic (exact) mass is 1340 g/mol. The first-order valence-corrected chi connectivity index (χ1v) is 36.5. The van der Waals surface area contributed by atoms with Crippen LogP contribution in [-0.4, -0.2) is 81.5 Å². The van der Waals surface area contributed by atoms with E-state index in [4.69, 9.17) is 47.4 Å². The van der Waals surface area contributed by atoms with Gasteiger partial charge in [-0.15, -0.1) is 0 Å². The summed E-state index contributed by atoms with van der Waals surface area (Å²) < 4.78 is 68.4. The van der Waals surface area contributed by atoms with Gasteiger partial charge in [-0.2, -0.15) is 0 Å². The highest BCUT2D eigenvalue weighted by Crippen LogP contribution is 2.35. The lowest BCUT2D eigenvalue weighted by atomic mass is 9.89. The van der Waals surface area contributed by atoms with Crippen molar-refractivity contribution in [2.24, 2.45) is 5.92 Å². The van der Waals surface area contributed by atoms with Crippen LogP contribution < -0.4 is 9.47 Å². The molecule has 508 valence electrons. The van der Waals surface area contributed by atoms with E-state index in [2.05, 4.69) is 83.5 Å². The maximum Gasteiger partial charge on any atom is 0.186 e. The lowest BCUT2D eigenvalue weighted by molar-refractivity contribution is -0.331. The van der Waals surface area contributed by atoms with E-state index in [1.165, 1.54) is 96.3 Å². The smallest absolute Gasteiger partial charge is 0.186 e. The summed E-state index contributed by atoms with van der Waals surface area (Å²) in [4.78, 5) is 14.9. The molecule has 6 aromatic rings. The van der Waals surface area contributed by atoms with Gasteiger partial charge in [0.25, 0.3) is 0 Å². The summed E-state index contributed by atoms with van der Waals surface area (Å²) in [6, 6.07) is 56.8. The first kappa shape index (κ1) is 75.1. The summed E-state index contributed by atoms with van der Waals surface area (Å²) in [7, 11) is 3.37. The molecule has 1 heterocycles. The number of rotatable bonds is 52. The molecule has 0 aromatic heterocycles. The van der Waals surface area contributed by atoms with Crippen LogP contribution in [-0.2, 0) is 82.3 Å². The Labute approximate surface area is 567 Å². The molecule has 8 atom stereocenters. The number of alkyl halides is 1. The van der Waals surface area contributed by atoms with Crippen molar-refractivity contribution in [3.63, 3.8) is 0 Å².